The van der Waals surface area contributed by atoms with E-state index in [1.807, 2.05) is 32.9 Å². The number of rotatable bonds is 5. The lowest BCUT2D eigenvalue weighted by Crippen LogP contribution is -2.23. The Balaban J connectivity index is 1.84. The number of benzene rings is 1. The predicted octanol–water partition coefficient (Wildman–Crippen LogP) is 3.43. The van der Waals surface area contributed by atoms with Crippen LogP contribution in [0.15, 0.2) is 42.7 Å². The molecule has 1 aromatic carbocycles. The first-order valence-electron chi connectivity index (χ1n) is 7.82. The molecule has 2 aromatic heterocycles. The summed E-state index contributed by atoms with van der Waals surface area (Å²) in [5.41, 5.74) is 1.82. The van der Waals surface area contributed by atoms with Crippen molar-refractivity contribution < 1.29 is 9.66 Å². The van der Waals surface area contributed by atoms with Crippen LogP contribution in [0.5, 0.6) is 5.75 Å². The quantitative estimate of drug-likeness (QED) is 0.564. The molecule has 0 radical (unpaired) electrons. The SMILES string of the molecule is CC(C)(C)Oc1cc(NCc2ccnc3ccnn23)ccc1[N+](=O)[O-]. The first-order chi connectivity index (χ1) is 11.8. The molecule has 0 aliphatic rings. The number of anilines is 1. The lowest BCUT2D eigenvalue weighted by atomic mass is 10.2. The molecule has 3 rings (SSSR count). The fraction of sp³-hybridized carbons (Fsp3) is 0.294. The molecule has 8 nitrogen and oxygen atoms in total. The summed E-state index contributed by atoms with van der Waals surface area (Å²) in [6.07, 6.45) is 3.41. The minimum Gasteiger partial charge on any atom is -0.481 e. The first-order valence-corrected chi connectivity index (χ1v) is 7.82. The van der Waals surface area contributed by atoms with Gasteiger partial charge in [0, 0.05) is 30.1 Å². The number of ether oxygens (including phenoxy) is 1. The summed E-state index contributed by atoms with van der Waals surface area (Å²) in [6, 6.07) is 8.44. The van der Waals surface area contributed by atoms with Crippen LogP contribution in [0.25, 0.3) is 5.65 Å². The summed E-state index contributed by atoms with van der Waals surface area (Å²) in [7, 11) is 0. The van der Waals surface area contributed by atoms with Crippen LogP contribution in [0.1, 0.15) is 26.5 Å². The van der Waals surface area contributed by atoms with Gasteiger partial charge < -0.3 is 10.1 Å². The monoisotopic (exact) mass is 341 g/mol. The van der Waals surface area contributed by atoms with Crippen molar-refractivity contribution in [3.05, 3.63) is 58.5 Å². The van der Waals surface area contributed by atoms with Crippen LogP contribution >= 0.6 is 0 Å². The highest BCUT2D eigenvalue weighted by Crippen LogP contribution is 2.32. The number of hydrogen-bond acceptors (Lipinski definition) is 6. The van der Waals surface area contributed by atoms with Gasteiger partial charge in [-0.25, -0.2) is 9.50 Å². The highest BCUT2D eigenvalue weighted by atomic mass is 16.6. The second-order valence-electron chi connectivity index (χ2n) is 6.54. The smallest absolute Gasteiger partial charge is 0.311 e. The van der Waals surface area contributed by atoms with E-state index >= 15 is 0 Å². The Labute approximate surface area is 144 Å². The Hall–Kier alpha value is -3.16. The van der Waals surface area contributed by atoms with Gasteiger partial charge in [-0.2, -0.15) is 5.10 Å². The highest BCUT2D eigenvalue weighted by molar-refractivity contribution is 5.58. The molecule has 0 unspecified atom stereocenters. The zero-order valence-electron chi connectivity index (χ0n) is 14.3. The van der Waals surface area contributed by atoms with Gasteiger partial charge in [0.05, 0.1) is 23.4 Å². The molecule has 130 valence electrons. The van der Waals surface area contributed by atoms with E-state index in [9.17, 15) is 10.1 Å². The number of fused-ring (bicyclic) bond motifs is 1. The van der Waals surface area contributed by atoms with Crippen LogP contribution in [0, 0.1) is 10.1 Å². The van der Waals surface area contributed by atoms with Gasteiger partial charge >= 0.3 is 5.69 Å². The summed E-state index contributed by atoms with van der Waals surface area (Å²) in [5, 5.41) is 18.7. The Morgan fingerprint density at radius 3 is 2.76 bits per heavy atom. The van der Waals surface area contributed by atoms with Crippen molar-refractivity contribution >= 4 is 17.0 Å². The molecule has 0 fully saturated rings. The summed E-state index contributed by atoms with van der Waals surface area (Å²) >= 11 is 0. The molecule has 0 saturated heterocycles. The summed E-state index contributed by atoms with van der Waals surface area (Å²) in [5.74, 6) is 0.237. The van der Waals surface area contributed by atoms with Gasteiger partial charge in [0.2, 0.25) is 0 Å². The molecule has 2 heterocycles. The average Bonchev–Trinajstić information content (AvgIpc) is 3.00. The molecular formula is C17H19N5O3. The van der Waals surface area contributed by atoms with E-state index in [0.717, 1.165) is 17.0 Å². The number of nitro groups is 1. The zero-order valence-corrected chi connectivity index (χ0v) is 14.3. The Kier molecular flexibility index (Phi) is 4.26. The Morgan fingerprint density at radius 1 is 1.24 bits per heavy atom. The average molecular weight is 341 g/mol. The van der Waals surface area contributed by atoms with Gasteiger partial charge in [-0.15, -0.1) is 0 Å². The van der Waals surface area contributed by atoms with Crippen LogP contribution in [0.3, 0.4) is 0 Å². The van der Waals surface area contributed by atoms with Crippen LogP contribution in [-0.4, -0.2) is 25.1 Å². The van der Waals surface area contributed by atoms with Gasteiger partial charge in [-0.05, 0) is 32.9 Å². The molecule has 0 amide bonds. The van der Waals surface area contributed by atoms with Crippen LogP contribution in [-0.2, 0) is 6.54 Å². The summed E-state index contributed by atoms with van der Waals surface area (Å²) < 4.78 is 7.48. The lowest BCUT2D eigenvalue weighted by molar-refractivity contribution is -0.386. The van der Waals surface area contributed by atoms with Crippen LogP contribution in [0.2, 0.25) is 0 Å². The summed E-state index contributed by atoms with van der Waals surface area (Å²) in [4.78, 5) is 15.0. The van der Waals surface area contributed by atoms with Crippen molar-refractivity contribution in [2.24, 2.45) is 0 Å². The molecule has 0 spiro atoms. The second kappa shape index (κ2) is 6.39. The van der Waals surface area contributed by atoms with Crippen molar-refractivity contribution in [2.75, 3.05) is 5.32 Å². The largest absolute Gasteiger partial charge is 0.481 e. The fourth-order valence-electron chi connectivity index (χ4n) is 2.40. The maximum atomic E-state index is 11.2. The second-order valence-corrected chi connectivity index (χ2v) is 6.54. The number of nitro benzene ring substituents is 1. The first kappa shape index (κ1) is 16.7. The third-order valence-electron chi connectivity index (χ3n) is 3.41. The van der Waals surface area contributed by atoms with E-state index in [4.69, 9.17) is 4.74 Å². The van der Waals surface area contributed by atoms with Gasteiger partial charge in [0.15, 0.2) is 11.4 Å². The maximum absolute atomic E-state index is 11.2. The number of nitrogens with one attached hydrogen (secondary N) is 1. The fourth-order valence-corrected chi connectivity index (χ4v) is 2.40. The van der Waals surface area contributed by atoms with Crippen molar-refractivity contribution in [1.82, 2.24) is 14.6 Å². The topological polar surface area (TPSA) is 94.6 Å². The number of aromatic nitrogens is 3. The van der Waals surface area contributed by atoms with Crippen molar-refractivity contribution in [3.63, 3.8) is 0 Å². The van der Waals surface area contributed by atoms with Crippen molar-refractivity contribution in [1.29, 1.82) is 0 Å². The maximum Gasteiger partial charge on any atom is 0.311 e. The molecule has 1 N–H and O–H groups in total. The van der Waals surface area contributed by atoms with Crippen molar-refractivity contribution in [2.45, 2.75) is 32.9 Å². The van der Waals surface area contributed by atoms with E-state index in [1.165, 1.54) is 6.07 Å². The van der Waals surface area contributed by atoms with Crippen LogP contribution in [0.4, 0.5) is 11.4 Å². The van der Waals surface area contributed by atoms with Gasteiger partial charge in [0.25, 0.3) is 0 Å². The van der Waals surface area contributed by atoms with Gasteiger partial charge in [-0.3, -0.25) is 10.1 Å². The Morgan fingerprint density at radius 2 is 2.04 bits per heavy atom. The molecule has 0 aliphatic carbocycles. The number of hydrogen-bond donors (Lipinski definition) is 1. The predicted molar refractivity (Wildman–Crippen MR) is 93.8 cm³/mol. The lowest BCUT2D eigenvalue weighted by Gasteiger charge is -2.21. The van der Waals surface area contributed by atoms with E-state index in [1.54, 1.807) is 29.0 Å². The van der Waals surface area contributed by atoms with E-state index < -0.39 is 10.5 Å². The van der Waals surface area contributed by atoms with Crippen molar-refractivity contribution in [3.8, 4) is 5.75 Å². The molecule has 0 saturated carbocycles. The molecule has 25 heavy (non-hydrogen) atoms. The molecule has 0 aliphatic heterocycles. The normalized spacial score (nSPS) is 11.5. The minimum atomic E-state index is -0.532. The third-order valence-corrected chi connectivity index (χ3v) is 3.41. The minimum absolute atomic E-state index is 0.0566. The van der Waals surface area contributed by atoms with Gasteiger partial charge in [0.1, 0.15) is 5.60 Å². The van der Waals surface area contributed by atoms with Crippen LogP contribution < -0.4 is 10.1 Å². The van der Waals surface area contributed by atoms with E-state index in [-0.39, 0.29) is 11.4 Å². The third kappa shape index (κ3) is 3.85. The molecule has 0 atom stereocenters. The Bertz CT molecular complexity index is 914. The van der Waals surface area contributed by atoms with E-state index in [2.05, 4.69) is 15.4 Å². The molecule has 3 aromatic rings. The zero-order chi connectivity index (χ0) is 18.0. The molecule has 8 heteroatoms. The molecule has 0 bridgehead atoms. The standard InChI is InChI=1S/C17H19N5O3/c1-17(2,3)25-15-10-12(4-5-14(15)22(23)24)19-11-13-6-8-18-16-7-9-20-21(13)16/h4-10,19H,11H2,1-3H3. The summed E-state index contributed by atoms with van der Waals surface area (Å²) in [6.45, 7) is 6.04. The van der Waals surface area contributed by atoms with E-state index in [0.29, 0.717) is 6.54 Å². The molecular weight excluding hydrogens is 322 g/mol. The highest BCUT2D eigenvalue weighted by Gasteiger charge is 2.21. The van der Waals surface area contributed by atoms with Gasteiger partial charge in [-0.1, -0.05) is 0 Å². The number of nitrogens with zero attached hydrogens (tertiary/aromatic N) is 4.